The largest absolute Gasteiger partial charge is 0.350 e. The SMILES string of the molecule is O=C(CN(c1cccc(Cl)c1)S(=O)(=O)c1ccccc1)NCc1ccc(-n2ccnc2)cc1. The van der Waals surface area contributed by atoms with Gasteiger partial charge < -0.3 is 9.88 Å². The van der Waals surface area contributed by atoms with Crippen molar-refractivity contribution in [3.05, 3.63) is 108 Å². The van der Waals surface area contributed by atoms with Crippen molar-refractivity contribution in [3.8, 4) is 5.69 Å². The molecule has 168 valence electrons. The van der Waals surface area contributed by atoms with Crippen molar-refractivity contribution >= 4 is 33.2 Å². The average Bonchev–Trinajstić information content (AvgIpc) is 3.37. The molecule has 1 amide bonds. The van der Waals surface area contributed by atoms with Crippen molar-refractivity contribution in [2.45, 2.75) is 11.4 Å². The number of anilines is 1. The third kappa shape index (κ3) is 5.42. The molecule has 0 saturated heterocycles. The Bertz CT molecular complexity index is 1330. The lowest BCUT2D eigenvalue weighted by molar-refractivity contribution is -0.119. The summed E-state index contributed by atoms with van der Waals surface area (Å²) in [5.74, 6) is -0.437. The average molecular weight is 481 g/mol. The highest BCUT2D eigenvalue weighted by molar-refractivity contribution is 7.92. The summed E-state index contributed by atoms with van der Waals surface area (Å²) in [5, 5.41) is 3.17. The van der Waals surface area contributed by atoms with Gasteiger partial charge in [0.1, 0.15) is 6.54 Å². The van der Waals surface area contributed by atoms with E-state index in [4.69, 9.17) is 11.6 Å². The van der Waals surface area contributed by atoms with E-state index in [0.717, 1.165) is 15.6 Å². The van der Waals surface area contributed by atoms with Crippen molar-refractivity contribution in [1.29, 1.82) is 0 Å². The first-order chi connectivity index (χ1) is 15.9. The minimum absolute atomic E-state index is 0.0906. The highest BCUT2D eigenvalue weighted by Crippen LogP contribution is 2.26. The van der Waals surface area contributed by atoms with Crippen molar-refractivity contribution in [2.75, 3.05) is 10.8 Å². The quantitative estimate of drug-likeness (QED) is 0.412. The fourth-order valence-electron chi connectivity index (χ4n) is 3.25. The van der Waals surface area contributed by atoms with Crippen LogP contribution in [0.5, 0.6) is 0 Å². The second-order valence-corrected chi connectivity index (χ2v) is 9.52. The minimum atomic E-state index is -3.97. The maximum atomic E-state index is 13.3. The van der Waals surface area contributed by atoms with Crippen LogP contribution in [0.15, 0.2) is 102 Å². The van der Waals surface area contributed by atoms with Crippen molar-refractivity contribution in [1.82, 2.24) is 14.9 Å². The van der Waals surface area contributed by atoms with Gasteiger partial charge in [-0.2, -0.15) is 0 Å². The number of benzene rings is 3. The molecule has 0 spiro atoms. The molecule has 4 rings (SSSR count). The lowest BCUT2D eigenvalue weighted by atomic mass is 10.2. The second kappa shape index (κ2) is 9.89. The predicted molar refractivity (Wildman–Crippen MR) is 128 cm³/mol. The van der Waals surface area contributed by atoms with Gasteiger partial charge in [-0.05, 0) is 48.0 Å². The number of sulfonamides is 1. The molecule has 0 atom stereocenters. The number of hydrogen-bond acceptors (Lipinski definition) is 4. The summed E-state index contributed by atoms with van der Waals surface area (Å²) in [6.45, 7) is -0.123. The summed E-state index contributed by atoms with van der Waals surface area (Å²) in [5.41, 5.74) is 2.14. The Labute approximate surface area is 197 Å². The van der Waals surface area contributed by atoms with Crippen molar-refractivity contribution in [2.24, 2.45) is 0 Å². The van der Waals surface area contributed by atoms with E-state index < -0.39 is 15.9 Å². The molecule has 0 saturated carbocycles. The third-order valence-corrected chi connectivity index (χ3v) is 6.97. The van der Waals surface area contributed by atoms with E-state index in [0.29, 0.717) is 10.7 Å². The Kier molecular flexibility index (Phi) is 6.76. The van der Waals surface area contributed by atoms with Gasteiger partial charge in [0.2, 0.25) is 5.91 Å². The summed E-state index contributed by atoms with van der Waals surface area (Å²) >= 11 is 6.08. The van der Waals surface area contributed by atoms with Gasteiger partial charge in [0.25, 0.3) is 10.0 Å². The van der Waals surface area contributed by atoms with E-state index in [-0.39, 0.29) is 18.0 Å². The summed E-state index contributed by atoms with van der Waals surface area (Å²) in [6, 6.07) is 22.0. The van der Waals surface area contributed by atoms with Crippen LogP contribution in [0, 0.1) is 0 Å². The number of halogens is 1. The number of nitrogens with zero attached hydrogens (tertiary/aromatic N) is 3. The van der Waals surface area contributed by atoms with Gasteiger partial charge in [-0.15, -0.1) is 0 Å². The van der Waals surface area contributed by atoms with Crippen LogP contribution >= 0.6 is 11.6 Å². The zero-order valence-corrected chi connectivity index (χ0v) is 19.1. The molecular weight excluding hydrogens is 460 g/mol. The summed E-state index contributed by atoms with van der Waals surface area (Å²) in [4.78, 5) is 16.9. The second-order valence-electron chi connectivity index (χ2n) is 7.22. The van der Waals surface area contributed by atoms with Crippen LogP contribution in [0.2, 0.25) is 5.02 Å². The molecule has 0 unspecified atom stereocenters. The first-order valence-corrected chi connectivity index (χ1v) is 11.9. The van der Waals surface area contributed by atoms with Gasteiger partial charge in [-0.3, -0.25) is 9.10 Å². The van der Waals surface area contributed by atoms with Crippen LogP contribution in [0.25, 0.3) is 5.69 Å². The number of hydrogen-bond donors (Lipinski definition) is 1. The number of aromatic nitrogens is 2. The van der Waals surface area contributed by atoms with Gasteiger partial charge in [0.15, 0.2) is 0 Å². The van der Waals surface area contributed by atoms with Gasteiger partial charge in [-0.1, -0.05) is 48.0 Å². The summed E-state index contributed by atoms with van der Waals surface area (Å²) in [7, 11) is -3.97. The molecule has 1 heterocycles. The van der Waals surface area contributed by atoms with Crippen LogP contribution in [-0.2, 0) is 21.4 Å². The van der Waals surface area contributed by atoms with Crippen molar-refractivity contribution < 1.29 is 13.2 Å². The van der Waals surface area contributed by atoms with E-state index in [2.05, 4.69) is 10.3 Å². The Morgan fingerprint density at radius 3 is 2.42 bits per heavy atom. The van der Waals surface area contributed by atoms with Crippen molar-refractivity contribution in [3.63, 3.8) is 0 Å². The molecule has 0 aliphatic rings. The van der Waals surface area contributed by atoms with E-state index in [9.17, 15) is 13.2 Å². The lowest BCUT2D eigenvalue weighted by Gasteiger charge is -2.24. The lowest BCUT2D eigenvalue weighted by Crippen LogP contribution is -2.40. The highest BCUT2D eigenvalue weighted by atomic mass is 35.5. The van der Waals surface area contributed by atoms with Gasteiger partial charge in [0, 0.05) is 29.6 Å². The molecule has 0 aliphatic heterocycles. The fraction of sp³-hybridized carbons (Fsp3) is 0.0833. The molecule has 1 N–H and O–H groups in total. The van der Waals surface area contributed by atoms with Crippen LogP contribution in [0.3, 0.4) is 0 Å². The predicted octanol–water partition coefficient (Wildman–Crippen LogP) is 4.04. The van der Waals surface area contributed by atoms with Crippen LogP contribution in [-0.4, -0.2) is 30.4 Å². The number of carbonyl (C=O) groups excluding carboxylic acids is 1. The molecule has 4 aromatic rings. The Hall–Kier alpha value is -3.62. The smallest absolute Gasteiger partial charge is 0.264 e. The monoisotopic (exact) mass is 480 g/mol. The molecule has 9 heteroatoms. The number of rotatable bonds is 8. The number of imidazole rings is 1. The van der Waals surface area contributed by atoms with Gasteiger partial charge in [-0.25, -0.2) is 13.4 Å². The fourth-order valence-corrected chi connectivity index (χ4v) is 4.87. The Balaban J connectivity index is 1.49. The topological polar surface area (TPSA) is 84.3 Å². The molecule has 0 radical (unpaired) electrons. The van der Waals surface area contributed by atoms with Crippen LogP contribution in [0.4, 0.5) is 5.69 Å². The zero-order valence-electron chi connectivity index (χ0n) is 17.5. The van der Waals surface area contributed by atoms with E-state index in [1.807, 2.05) is 35.0 Å². The van der Waals surface area contributed by atoms with E-state index >= 15 is 0 Å². The molecule has 1 aromatic heterocycles. The molecule has 0 bridgehead atoms. The molecular formula is C24H21ClN4O3S. The first kappa shape index (κ1) is 22.6. The number of amides is 1. The molecule has 0 fully saturated rings. The van der Waals surface area contributed by atoms with E-state index in [1.165, 1.54) is 18.2 Å². The normalized spacial score (nSPS) is 11.2. The Morgan fingerprint density at radius 2 is 1.76 bits per heavy atom. The van der Waals surface area contributed by atoms with Gasteiger partial charge in [0.05, 0.1) is 16.9 Å². The zero-order chi connectivity index (χ0) is 23.3. The molecule has 0 aliphatic carbocycles. The molecule has 33 heavy (non-hydrogen) atoms. The van der Waals surface area contributed by atoms with Crippen LogP contribution < -0.4 is 9.62 Å². The standard InChI is InChI=1S/C24H21ClN4O3S/c25-20-5-4-6-22(15-20)29(33(31,32)23-7-2-1-3-8-23)17-24(30)27-16-19-9-11-21(12-10-19)28-14-13-26-18-28/h1-15,18H,16-17H2,(H,27,30). The maximum Gasteiger partial charge on any atom is 0.264 e. The van der Waals surface area contributed by atoms with Gasteiger partial charge >= 0.3 is 0 Å². The first-order valence-electron chi connectivity index (χ1n) is 10.1. The van der Waals surface area contributed by atoms with Crippen LogP contribution in [0.1, 0.15) is 5.56 Å². The molecule has 3 aromatic carbocycles. The number of nitrogens with one attached hydrogen (secondary N) is 1. The minimum Gasteiger partial charge on any atom is -0.350 e. The van der Waals surface area contributed by atoms with E-state index in [1.54, 1.807) is 48.9 Å². The highest BCUT2D eigenvalue weighted by Gasteiger charge is 2.27. The molecule has 7 nitrogen and oxygen atoms in total. The maximum absolute atomic E-state index is 13.3. The summed E-state index contributed by atoms with van der Waals surface area (Å²) in [6.07, 6.45) is 5.24. The summed E-state index contributed by atoms with van der Waals surface area (Å²) < 4.78 is 29.5. The Morgan fingerprint density at radius 1 is 1.00 bits per heavy atom. The third-order valence-electron chi connectivity index (χ3n) is 4.94. The number of carbonyl (C=O) groups is 1.